The van der Waals surface area contributed by atoms with Gasteiger partial charge in [0, 0.05) is 9.49 Å². The van der Waals surface area contributed by atoms with Crippen LogP contribution in [0.1, 0.15) is 30.0 Å². The van der Waals surface area contributed by atoms with Crippen molar-refractivity contribution >= 4 is 46.1 Å². The Morgan fingerprint density at radius 1 is 1.03 bits per heavy atom. The second-order valence-corrected chi connectivity index (χ2v) is 9.00. The van der Waals surface area contributed by atoms with Crippen LogP contribution in [0.5, 0.6) is 0 Å². The van der Waals surface area contributed by atoms with Crippen LogP contribution < -0.4 is 10.6 Å². The van der Waals surface area contributed by atoms with Gasteiger partial charge in [-0.25, -0.2) is 14.1 Å². The smallest absolute Gasteiger partial charge is 0.322 e. The minimum atomic E-state index is -1.19. The van der Waals surface area contributed by atoms with E-state index in [-0.39, 0.29) is 5.69 Å². The number of benzene rings is 3. The van der Waals surface area contributed by atoms with E-state index in [0.717, 1.165) is 10.5 Å². The molecule has 0 spiro atoms. The van der Waals surface area contributed by atoms with E-state index in [4.69, 9.17) is 0 Å². The zero-order chi connectivity index (χ0) is 23.5. The number of hydrogen-bond acceptors (Lipinski definition) is 3. The fourth-order valence-electron chi connectivity index (χ4n) is 3.93. The lowest BCUT2D eigenvalue weighted by molar-refractivity contribution is -0.134. The molecular formula is C25H21FIN3O3. The predicted octanol–water partition coefficient (Wildman–Crippen LogP) is 4.83. The van der Waals surface area contributed by atoms with Crippen LogP contribution in [0.4, 0.5) is 14.9 Å². The average molecular weight is 557 g/mol. The molecular weight excluding hydrogens is 536 g/mol. The summed E-state index contributed by atoms with van der Waals surface area (Å²) in [6, 6.07) is 19.6. The maximum atomic E-state index is 14.4. The zero-order valence-corrected chi connectivity index (χ0v) is 19.8. The van der Waals surface area contributed by atoms with Crippen LogP contribution in [-0.4, -0.2) is 28.8 Å². The number of imide groups is 1. The van der Waals surface area contributed by atoms with Crippen molar-refractivity contribution in [3.05, 3.63) is 99.4 Å². The van der Waals surface area contributed by atoms with Crippen molar-refractivity contribution in [2.24, 2.45) is 0 Å². The lowest BCUT2D eigenvalue weighted by atomic mass is 9.91. The molecule has 1 aliphatic heterocycles. The van der Waals surface area contributed by atoms with Crippen LogP contribution in [0.25, 0.3) is 0 Å². The van der Waals surface area contributed by atoms with Gasteiger partial charge in [0.25, 0.3) is 5.91 Å². The first-order valence-corrected chi connectivity index (χ1v) is 11.4. The van der Waals surface area contributed by atoms with Crippen LogP contribution >= 0.6 is 22.6 Å². The molecule has 0 saturated carbocycles. The largest absolute Gasteiger partial charge is 0.325 e. The van der Waals surface area contributed by atoms with Gasteiger partial charge in [-0.05, 0) is 51.9 Å². The highest BCUT2D eigenvalue weighted by Crippen LogP contribution is 2.31. The number of nitrogens with one attached hydrogen (secondary N) is 2. The first-order valence-electron chi connectivity index (χ1n) is 10.4. The molecule has 168 valence electrons. The molecule has 3 aromatic carbocycles. The van der Waals surface area contributed by atoms with Gasteiger partial charge in [-0.1, -0.05) is 67.6 Å². The third-order valence-electron chi connectivity index (χ3n) is 5.64. The number of anilines is 1. The first-order chi connectivity index (χ1) is 15.9. The molecule has 0 aromatic heterocycles. The zero-order valence-electron chi connectivity index (χ0n) is 17.7. The highest BCUT2D eigenvalue weighted by atomic mass is 127. The van der Waals surface area contributed by atoms with E-state index >= 15 is 0 Å². The highest BCUT2D eigenvalue weighted by molar-refractivity contribution is 14.1. The van der Waals surface area contributed by atoms with Gasteiger partial charge in [-0.2, -0.15) is 0 Å². The number of carbonyl (C=O) groups excluding carboxylic acids is 3. The highest BCUT2D eigenvalue weighted by Gasteiger charge is 2.47. The molecule has 3 aromatic rings. The Balaban J connectivity index is 1.70. The van der Waals surface area contributed by atoms with Crippen LogP contribution in [-0.2, 0) is 9.59 Å². The van der Waals surface area contributed by atoms with E-state index in [1.54, 1.807) is 37.3 Å². The Bertz CT molecular complexity index is 1190. The Hall–Kier alpha value is -3.27. The predicted molar refractivity (Wildman–Crippen MR) is 131 cm³/mol. The molecule has 0 bridgehead atoms. The summed E-state index contributed by atoms with van der Waals surface area (Å²) in [5, 5.41) is 5.25. The van der Waals surface area contributed by atoms with E-state index < -0.39 is 41.7 Å². The van der Waals surface area contributed by atoms with Crippen molar-refractivity contribution in [1.82, 2.24) is 10.2 Å². The van der Waals surface area contributed by atoms with Crippen LogP contribution in [0.3, 0.4) is 0 Å². The van der Waals surface area contributed by atoms with Crippen molar-refractivity contribution in [2.75, 3.05) is 5.32 Å². The first kappa shape index (κ1) is 22.9. The van der Waals surface area contributed by atoms with Crippen molar-refractivity contribution in [3.8, 4) is 0 Å². The molecule has 1 aliphatic rings. The Labute approximate surface area is 204 Å². The van der Waals surface area contributed by atoms with E-state index in [9.17, 15) is 18.8 Å². The number of carbonyl (C=O) groups is 3. The number of urea groups is 1. The van der Waals surface area contributed by atoms with Crippen molar-refractivity contribution in [3.63, 3.8) is 0 Å². The molecule has 8 heteroatoms. The maximum absolute atomic E-state index is 14.4. The summed E-state index contributed by atoms with van der Waals surface area (Å²) in [6.07, 6.45) is 0. The van der Waals surface area contributed by atoms with Gasteiger partial charge in [0.05, 0.1) is 5.69 Å². The van der Waals surface area contributed by atoms with Crippen molar-refractivity contribution in [1.29, 1.82) is 0 Å². The number of rotatable bonds is 6. The van der Waals surface area contributed by atoms with Gasteiger partial charge in [-0.15, -0.1) is 0 Å². The average Bonchev–Trinajstić information content (AvgIpc) is 3.11. The topological polar surface area (TPSA) is 78.5 Å². The molecule has 0 aliphatic carbocycles. The van der Waals surface area contributed by atoms with E-state index in [0.29, 0.717) is 9.13 Å². The molecule has 1 saturated heterocycles. The van der Waals surface area contributed by atoms with E-state index in [1.807, 2.05) is 59.0 Å². The van der Waals surface area contributed by atoms with Gasteiger partial charge in [-0.3, -0.25) is 9.59 Å². The van der Waals surface area contributed by atoms with Crippen molar-refractivity contribution in [2.45, 2.75) is 24.9 Å². The van der Waals surface area contributed by atoms with Crippen LogP contribution in [0.15, 0.2) is 78.9 Å². The molecule has 4 amide bonds. The van der Waals surface area contributed by atoms with Crippen molar-refractivity contribution < 1.29 is 18.8 Å². The summed E-state index contributed by atoms with van der Waals surface area (Å²) in [7, 11) is 0. The SMILES string of the molecule is C[C@@H](c1ccccc1)[C@@H](C(=O)Nc1ccc(I)cc1F)N1C(=O)N[C@H](c2ccccc2)C1=O. The molecule has 3 atom stereocenters. The summed E-state index contributed by atoms with van der Waals surface area (Å²) in [5.41, 5.74) is 1.37. The van der Waals surface area contributed by atoms with E-state index in [2.05, 4.69) is 10.6 Å². The van der Waals surface area contributed by atoms with Crippen LogP contribution in [0.2, 0.25) is 0 Å². The van der Waals surface area contributed by atoms with Gasteiger partial charge < -0.3 is 10.6 Å². The van der Waals surface area contributed by atoms with Gasteiger partial charge in [0.2, 0.25) is 5.91 Å². The third-order valence-corrected chi connectivity index (χ3v) is 6.31. The molecule has 1 fully saturated rings. The van der Waals surface area contributed by atoms with Gasteiger partial charge in [0.15, 0.2) is 0 Å². The second kappa shape index (κ2) is 9.70. The molecule has 6 nitrogen and oxygen atoms in total. The minimum absolute atomic E-state index is 0.0164. The summed E-state index contributed by atoms with van der Waals surface area (Å²) in [4.78, 5) is 40.7. The minimum Gasteiger partial charge on any atom is -0.322 e. The molecule has 33 heavy (non-hydrogen) atoms. The standard InChI is InChI=1S/C25H21FIN3O3/c1-15(16-8-4-2-5-9-16)22(23(31)28-20-13-12-18(27)14-19(20)26)30-24(32)21(29-25(30)33)17-10-6-3-7-11-17/h2-15,21-22H,1H3,(H,28,31)(H,29,33)/t15-,21+,22-/m0/s1. The fourth-order valence-corrected chi connectivity index (χ4v) is 4.39. The Morgan fingerprint density at radius 2 is 1.67 bits per heavy atom. The molecule has 0 radical (unpaired) electrons. The maximum Gasteiger partial charge on any atom is 0.325 e. The number of halogens is 2. The summed E-state index contributed by atoms with van der Waals surface area (Å²) in [6.45, 7) is 1.76. The fraction of sp³-hybridized carbons (Fsp3) is 0.160. The van der Waals surface area contributed by atoms with Gasteiger partial charge in [0.1, 0.15) is 17.9 Å². The molecule has 4 rings (SSSR count). The second-order valence-electron chi connectivity index (χ2n) is 7.76. The molecule has 0 unspecified atom stereocenters. The lowest BCUT2D eigenvalue weighted by Gasteiger charge is -2.30. The summed E-state index contributed by atoms with van der Waals surface area (Å²) >= 11 is 1.97. The summed E-state index contributed by atoms with van der Waals surface area (Å²) in [5.74, 6) is -2.32. The Kier molecular flexibility index (Phi) is 6.73. The lowest BCUT2D eigenvalue weighted by Crippen LogP contribution is -2.50. The monoisotopic (exact) mass is 557 g/mol. The number of hydrogen-bond donors (Lipinski definition) is 2. The third kappa shape index (κ3) is 4.75. The number of amides is 4. The normalized spacial score (nSPS) is 17.4. The summed E-state index contributed by atoms with van der Waals surface area (Å²) < 4.78 is 15.1. The Morgan fingerprint density at radius 3 is 2.30 bits per heavy atom. The molecule has 2 N–H and O–H groups in total. The quantitative estimate of drug-likeness (QED) is 0.337. The van der Waals surface area contributed by atoms with E-state index in [1.165, 1.54) is 12.1 Å². The van der Waals surface area contributed by atoms with Crippen LogP contribution in [0, 0.1) is 9.39 Å². The number of nitrogens with zero attached hydrogens (tertiary/aromatic N) is 1. The molecule has 1 heterocycles. The van der Waals surface area contributed by atoms with Gasteiger partial charge >= 0.3 is 6.03 Å².